The van der Waals surface area contributed by atoms with Crippen molar-refractivity contribution in [3.63, 3.8) is 0 Å². The molecule has 0 spiro atoms. The third kappa shape index (κ3) is 3.50. The molecular formula is C8H10BrClN2O. The van der Waals surface area contributed by atoms with Crippen LogP contribution in [0.25, 0.3) is 0 Å². The average Bonchev–Trinajstić information content (AvgIpc) is 2.09. The quantitative estimate of drug-likeness (QED) is 0.847. The van der Waals surface area contributed by atoms with Gasteiger partial charge in [0, 0.05) is 17.2 Å². The summed E-state index contributed by atoms with van der Waals surface area (Å²) in [4.78, 5) is 4.02. The minimum atomic E-state index is 0.472. The molecule has 13 heavy (non-hydrogen) atoms. The van der Waals surface area contributed by atoms with Crippen LogP contribution in [0.1, 0.15) is 0 Å². The van der Waals surface area contributed by atoms with Gasteiger partial charge in [-0.15, -0.1) is 0 Å². The van der Waals surface area contributed by atoms with E-state index in [2.05, 4.69) is 26.2 Å². The summed E-state index contributed by atoms with van der Waals surface area (Å²) in [6, 6.07) is 1.75. The van der Waals surface area contributed by atoms with E-state index in [-0.39, 0.29) is 0 Å². The van der Waals surface area contributed by atoms with E-state index in [4.69, 9.17) is 16.3 Å². The van der Waals surface area contributed by atoms with Gasteiger partial charge in [-0.3, -0.25) is 0 Å². The molecule has 0 aromatic carbocycles. The SMILES string of the molecule is CNCCOc1ncc(Br)cc1Cl. The summed E-state index contributed by atoms with van der Waals surface area (Å²) in [7, 11) is 1.86. The second-order valence-electron chi connectivity index (χ2n) is 2.39. The molecule has 1 rings (SSSR count). The Balaban J connectivity index is 2.56. The molecule has 0 aliphatic carbocycles. The van der Waals surface area contributed by atoms with Crippen LogP contribution in [0.3, 0.4) is 0 Å². The lowest BCUT2D eigenvalue weighted by Crippen LogP contribution is -2.16. The van der Waals surface area contributed by atoms with Gasteiger partial charge < -0.3 is 10.1 Å². The molecule has 0 bridgehead atoms. The third-order valence-electron chi connectivity index (χ3n) is 1.36. The van der Waals surface area contributed by atoms with Gasteiger partial charge in [0.1, 0.15) is 11.6 Å². The molecule has 3 nitrogen and oxygen atoms in total. The standard InChI is InChI=1S/C8H10BrClN2O/c1-11-2-3-13-8-7(10)4-6(9)5-12-8/h4-5,11H,2-3H2,1H3. The van der Waals surface area contributed by atoms with Crippen molar-refractivity contribution < 1.29 is 4.74 Å². The molecule has 1 heterocycles. The van der Waals surface area contributed by atoms with Crippen LogP contribution in [0.15, 0.2) is 16.7 Å². The highest BCUT2D eigenvalue weighted by Crippen LogP contribution is 2.24. The van der Waals surface area contributed by atoms with Gasteiger partial charge in [-0.05, 0) is 29.0 Å². The molecule has 1 aromatic rings. The van der Waals surface area contributed by atoms with Gasteiger partial charge >= 0.3 is 0 Å². The Morgan fingerprint density at radius 1 is 1.69 bits per heavy atom. The number of rotatable bonds is 4. The van der Waals surface area contributed by atoms with Crippen molar-refractivity contribution in [2.75, 3.05) is 20.2 Å². The number of hydrogen-bond donors (Lipinski definition) is 1. The lowest BCUT2D eigenvalue weighted by atomic mass is 10.5. The number of nitrogens with one attached hydrogen (secondary N) is 1. The van der Waals surface area contributed by atoms with Crippen molar-refractivity contribution >= 4 is 27.5 Å². The first-order chi connectivity index (χ1) is 6.24. The molecule has 1 N–H and O–H groups in total. The van der Waals surface area contributed by atoms with Crippen LogP contribution in [-0.4, -0.2) is 25.2 Å². The summed E-state index contributed by atoms with van der Waals surface area (Å²) in [6.45, 7) is 1.33. The summed E-state index contributed by atoms with van der Waals surface area (Å²) in [6.07, 6.45) is 1.65. The highest BCUT2D eigenvalue weighted by atomic mass is 79.9. The molecule has 0 aliphatic rings. The average molecular weight is 266 g/mol. The van der Waals surface area contributed by atoms with E-state index in [1.54, 1.807) is 12.3 Å². The first kappa shape index (κ1) is 10.8. The Labute approximate surface area is 90.6 Å². The number of halogens is 2. The second-order valence-corrected chi connectivity index (χ2v) is 3.72. The Morgan fingerprint density at radius 2 is 2.46 bits per heavy atom. The monoisotopic (exact) mass is 264 g/mol. The molecule has 0 atom stereocenters. The van der Waals surface area contributed by atoms with Gasteiger partial charge in [0.2, 0.25) is 5.88 Å². The Hall–Kier alpha value is -0.320. The highest BCUT2D eigenvalue weighted by Gasteiger charge is 2.02. The van der Waals surface area contributed by atoms with Crippen molar-refractivity contribution in [2.24, 2.45) is 0 Å². The molecule has 0 unspecified atom stereocenters. The molecule has 5 heteroatoms. The predicted octanol–water partition coefficient (Wildman–Crippen LogP) is 2.10. The van der Waals surface area contributed by atoms with Gasteiger partial charge in [0.15, 0.2) is 0 Å². The Bertz CT molecular complexity index is 283. The predicted molar refractivity (Wildman–Crippen MR) is 56.4 cm³/mol. The maximum atomic E-state index is 5.87. The fourth-order valence-corrected chi connectivity index (χ4v) is 1.44. The van der Waals surface area contributed by atoms with E-state index in [0.29, 0.717) is 17.5 Å². The van der Waals surface area contributed by atoms with Crippen molar-refractivity contribution in [3.05, 3.63) is 21.8 Å². The molecular weight excluding hydrogens is 255 g/mol. The molecule has 0 saturated carbocycles. The van der Waals surface area contributed by atoms with Crippen molar-refractivity contribution in [3.8, 4) is 5.88 Å². The van der Waals surface area contributed by atoms with E-state index in [0.717, 1.165) is 11.0 Å². The molecule has 0 fully saturated rings. The largest absolute Gasteiger partial charge is 0.475 e. The minimum Gasteiger partial charge on any atom is -0.475 e. The summed E-state index contributed by atoms with van der Waals surface area (Å²) in [5, 5.41) is 3.48. The number of pyridine rings is 1. The van der Waals surface area contributed by atoms with Crippen LogP contribution >= 0.6 is 27.5 Å². The minimum absolute atomic E-state index is 0.472. The zero-order valence-corrected chi connectivity index (χ0v) is 9.52. The van der Waals surface area contributed by atoms with Crippen LogP contribution in [0.2, 0.25) is 5.02 Å². The topological polar surface area (TPSA) is 34.1 Å². The zero-order valence-electron chi connectivity index (χ0n) is 7.18. The third-order valence-corrected chi connectivity index (χ3v) is 2.07. The normalized spacial score (nSPS) is 10.1. The first-order valence-electron chi connectivity index (χ1n) is 3.82. The van der Waals surface area contributed by atoms with E-state index in [1.807, 2.05) is 7.05 Å². The van der Waals surface area contributed by atoms with E-state index in [1.165, 1.54) is 0 Å². The van der Waals surface area contributed by atoms with E-state index >= 15 is 0 Å². The van der Waals surface area contributed by atoms with Crippen molar-refractivity contribution in [1.82, 2.24) is 10.3 Å². The lowest BCUT2D eigenvalue weighted by Gasteiger charge is -2.05. The molecule has 0 radical (unpaired) electrons. The number of ether oxygens (including phenoxy) is 1. The molecule has 0 saturated heterocycles. The maximum absolute atomic E-state index is 5.87. The van der Waals surface area contributed by atoms with Crippen LogP contribution in [0, 0.1) is 0 Å². The smallest absolute Gasteiger partial charge is 0.232 e. The van der Waals surface area contributed by atoms with Gasteiger partial charge in [-0.1, -0.05) is 11.6 Å². The number of likely N-dealkylation sites (N-methyl/N-ethyl adjacent to an activating group) is 1. The van der Waals surface area contributed by atoms with Gasteiger partial charge in [-0.25, -0.2) is 4.98 Å². The highest BCUT2D eigenvalue weighted by molar-refractivity contribution is 9.10. The van der Waals surface area contributed by atoms with Crippen LogP contribution < -0.4 is 10.1 Å². The van der Waals surface area contributed by atoms with Gasteiger partial charge in [0.05, 0.1) is 0 Å². The lowest BCUT2D eigenvalue weighted by molar-refractivity contribution is 0.306. The van der Waals surface area contributed by atoms with Crippen LogP contribution in [-0.2, 0) is 0 Å². The fraction of sp³-hybridized carbons (Fsp3) is 0.375. The first-order valence-corrected chi connectivity index (χ1v) is 4.99. The van der Waals surface area contributed by atoms with Gasteiger partial charge in [0.25, 0.3) is 0 Å². The molecule has 0 amide bonds. The zero-order chi connectivity index (χ0) is 9.68. The van der Waals surface area contributed by atoms with E-state index < -0.39 is 0 Å². The molecule has 1 aromatic heterocycles. The second kappa shape index (κ2) is 5.42. The summed E-state index contributed by atoms with van der Waals surface area (Å²) >= 11 is 9.13. The van der Waals surface area contributed by atoms with E-state index in [9.17, 15) is 0 Å². The number of hydrogen-bond acceptors (Lipinski definition) is 3. The van der Waals surface area contributed by atoms with Crippen LogP contribution in [0.4, 0.5) is 0 Å². The molecule has 0 aliphatic heterocycles. The Morgan fingerprint density at radius 3 is 3.08 bits per heavy atom. The summed E-state index contributed by atoms with van der Waals surface area (Å²) < 4.78 is 6.15. The fourth-order valence-electron chi connectivity index (χ4n) is 0.758. The van der Waals surface area contributed by atoms with Crippen molar-refractivity contribution in [2.45, 2.75) is 0 Å². The number of nitrogens with zero attached hydrogens (tertiary/aromatic N) is 1. The van der Waals surface area contributed by atoms with Gasteiger partial charge in [-0.2, -0.15) is 0 Å². The molecule has 72 valence electrons. The summed E-state index contributed by atoms with van der Waals surface area (Å²) in [5.41, 5.74) is 0. The summed E-state index contributed by atoms with van der Waals surface area (Å²) in [5.74, 6) is 0.472. The Kier molecular flexibility index (Phi) is 4.48. The van der Waals surface area contributed by atoms with Crippen molar-refractivity contribution in [1.29, 1.82) is 0 Å². The maximum Gasteiger partial charge on any atom is 0.232 e. The number of aromatic nitrogens is 1. The van der Waals surface area contributed by atoms with Crippen LogP contribution in [0.5, 0.6) is 5.88 Å².